The van der Waals surface area contributed by atoms with Crippen LogP contribution in [0.2, 0.25) is 0 Å². The molecule has 258 valence electrons. The highest BCUT2D eigenvalue weighted by Gasteiger charge is 2.35. The number of rotatable bonds is 13. The van der Waals surface area contributed by atoms with Crippen molar-refractivity contribution in [1.82, 2.24) is 24.2 Å². The molecule has 1 fully saturated rings. The van der Waals surface area contributed by atoms with Crippen LogP contribution >= 0.6 is 0 Å². The molecule has 3 heterocycles. The summed E-state index contributed by atoms with van der Waals surface area (Å²) in [6.45, 7) is 7.95. The lowest BCUT2D eigenvalue weighted by atomic mass is 9.90. The van der Waals surface area contributed by atoms with E-state index in [9.17, 15) is 14.7 Å². The van der Waals surface area contributed by atoms with Gasteiger partial charge < -0.3 is 19.5 Å². The predicted molar refractivity (Wildman–Crippen MR) is 191 cm³/mol. The summed E-state index contributed by atoms with van der Waals surface area (Å²) < 4.78 is 14.5. The fourth-order valence-electron chi connectivity index (χ4n) is 5.85. The lowest BCUT2D eigenvalue weighted by Gasteiger charge is -2.38. The van der Waals surface area contributed by atoms with Gasteiger partial charge >= 0.3 is 0 Å². The number of anilines is 2. The maximum Gasteiger partial charge on any atom is 0.262 e. The van der Waals surface area contributed by atoms with E-state index in [2.05, 4.69) is 16.7 Å². The van der Waals surface area contributed by atoms with Gasteiger partial charge in [0.1, 0.15) is 12.9 Å². The molecule has 3 N–H and O–H groups in total. The Morgan fingerprint density at radius 2 is 1.76 bits per heavy atom. The first-order chi connectivity index (χ1) is 24.2. The van der Waals surface area contributed by atoms with Gasteiger partial charge in [-0.2, -0.15) is 5.10 Å². The molecule has 12 nitrogen and oxygen atoms in total. The van der Waals surface area contributed by atoms with Crippen molar-refractivity contribution in [3.8, 4) is 11.4 Å². The summed E-state index contributed by atoms with van der Waals surface area (Å²) in [5, 5.41) is 17.1. The highest BCUT2D eigenvalue weighted by Crippen LogP contribution is 2.27. The minimum absolute atomic E-state index is 0.0298. The third-order valence-corrected chi connectivity index (χ3v) is 8.79. The highest BCUT2D eigenvalue weighted by molar-refractivity contribution is 5.94. The lowest BCUT2D eigenvalue weighted by Crippen LogP contribution is -2.50. The van der Waals surface area contributed by atoms with Crippen LogP contribution in [0.4, 0.5) is 11.5 Å². The molecule has 0 unspecified atom stereocenters. The molecule has 0 atom stereocenters. The number of hydrogen-bond donors (Lipinski definition) is 2. The van der Waals surface area contributed by atoms with Gasteiger partial charge in [-0.15, -0.1) is 0 Å². The van der Waals surface area contributed by atoms with Crippen molar-refractivity contribution in [3.05, 3.63) is 137 Å². The molecule has 0 saturated carbocycles. The van der Waals surface area contributed by atoms with Gasteiger partial charge in [0.2, 0.25) is 0 Å². The SMILES string of the molecule is C=Cc1c(N(N)c2ccc(-n3cc(OCCOCc4ccccc4)cn3)cc2)ncn(CC2(O)CCN(C(=O)c3ccc(C)cc3)CC2)c1=O. The molecule has 1 aliphatic rings. The van der Waals surface area contributed by atoms with Crippen molar-refractivity contribution < 1.29 is 19.4 Å². The molecule has 2 aromatic heterocycles. The van der Waals surface area contributed by atoms with Crippen molar-refractivity contribution in [3.63, 3.8) is 0 Å². The van der Waals surface area contributed by atoms with Gasteiger partial charge in [-0.3, -0.25) is 19.2 Å². The van der Waals surface area contributed by atoms with E-state index < -0.39 is 5.60 Å². The summed E-state index contributed by atoms with van der Waals surface area (Å²) in [5.41, 5.74) is 2.82. The Bertz CT molecular complexity index is 1970. The van der Waals surface area contributed by atoms with E-state index in [0.717, 1.165) is 16.8 Å². The quantitative estimate of drug-likeness (QED) is 0.104. The van der Waals surface area contributed by atoms with E-state index in [4.69, 9.17) is 15.3 Å². The number of nitrogens with two attached hydrogens (primary N) is 1. The molecule has 0 aliphatic carbocycles. The van der Waals surface area contributed by atoms with Crippen LogP contribution in [0.5, 0.6) is 5.75 Å². The maximum atomic E-state index is 13.5. The van der Waals surface area contributed by atoms with Crippen LogP contribution < -0.4 is 21.1 Å². The average molecular weight is 676 g/mol. The van der Waals surface area contributed by atoms with E-state index >= 15 is 0 Å². The van der Waals surface area contributed by atoms with Crippen molar-refractivity contribution in [2.24, 2.45) is 5.84 Å². The number of piperidine rings is 1. The molecule has 1 amide bonds. The van der Waals surface area contributed by atoms with Crippen molar-refractivity contribution in [2.45, 2.75) is 38.5 Å². The number of hydrazine groups is 1. The van der Waals surface area contributed by atoms with Crippen molar-refractivity contribution in [2.75, 3.05) is 31.3 Å². The number of aliphatic hydroxyl groups is 1. The monoisotopic (exact) mass is 675 g/mol. The molecule has 12 heteroatoms. The fraction of sp³-hybridized carbons (Fsp3) is 0.263. The second kappa shape index (κ2) is 15.3. The maximum absolute atomic E-state index is 13.5. The molecule has 6 rings (SSSR count). The molecule has 0 spiro atoms. The van der Waals surface area contributed by atoms with Crippen LogP contribution in [-0.4, -0.2) is 67.1 Å². The number of carbonyl (C=O) groups excluding carboxylic acids is 1. The van der Waals surface area contributed by atoms with Gasteiger partial charge in [-0.1, -0.05) is 60.7 Å². The van der Waals surface area contributed by atoms with Gasteiger partial charge in [0, 0.05) is 18.7 Å². The lowest BCUT2D eigenvalue weighted by molar-refractivity contribution is -0.0300. The Morgan fingerprint density at radius 1 is 1.04 bits per heavy atom. The van der Waals surface area contributed by atoms with Gasteiger partial charge in [0.15, 0.2) is 11.6 Å². The molecule has 1 aliphatic heterocycles. The first kappa shape index (κ1) is 34.3. The fourth-order valence-corrected chi connectivity index (χ4v) is 5.85. The first-order valence-electron chi connectivity index (χ1n) is 16.5. The second-order valence-electron chi connectivity index (χ2n) is 12.4. The molecular formula is C38H41N7O5. The molecule has 3 aromatic carbocycles. The number of benzene rings is 3. The third-order valence-electron chi connectivity index (χ3n) is 8.79. The van der Waals surface area contributed by atoms with E-state index in [1.165, 1.54) is 22.0 Å². The van der Waals surface area contributed by atoms with E-state index in [0.29, 0.717) is 62.8 Å². The van der Waals surface area contributed by atoms with Crippen molar-refractivity contribution >= 4 is 23.5 Å². The zero-order valence-corrected chi connectivity index (χ0v) is 28.0. The van der Waals surface area contributed by atoms with Gasteiger partial charge in [0.05, 0.1) is 54.7 Å². The summed E-state index contributed by atoms with van der Waals surface area (Å²) in [6, 6.07) is 24.7. The number of likely N-dealkylation sites (tertiary alicyclic amines) is 1. The Morgan fingerprint density at radius 3 is 2.46 bits per heavy atom. The third kappa shape index (κ3) is 8.00. The number of amides is 1. The average Bonchev–Trinajstić information content (AvgIpc) is 3.62. The van der Waals surface area contributed by atoms with E-state index in [1.54, 1.807) is 34.1 Å². The number of hydrogen-bond acceptors (Lipinski definition) is 9. The molecule has 50 heavy (non-hydrogen) atoms. The Balaban J connectivity index is 1.05. The summed E-state index contributed by atoms with van der Waals surface area (Å²) in [6.07, 6.45) is 6.87. The molecule has 1 saturated heterocycles. The Hall–Kier alpha value is -5.56. The Labute approximate surface area is 290 Å². The molecule has 0 bridgehead atoms. The number of aryl methyl sites for hydroxylation is 1. The van der Waals surface area contributed by atoms with Crippen LogP contribution in [-0.2, 0) is 17.9 Å². The van der Waals surface area contributed by atoms with Crippen LogP contribution in [0.1, 0.15) is 39.9 Å². The minimum Gasteiger partial charge on any atom is -0.488 e. The normalized spacial score (nSPS) is 13.9. The largest absolute Gasteiger partial charge is 0.488 e. The van der Waals surface area contributed by atoms with E-state index in [1.807, 2.05) is 73.7 Å². The topological polar surface area (TPSA) is 141 Å². The summed E-state index contributed by atoms with van der Waals surface area (Å²) in [5.74, 6) is 7.24. The van der Waals surface area contributed by atoms with Crippen LogP contribution in [0.15, 0.2) is 109 Å². The van der Waals surface area contributed by atoms with Gasteiger partial charge in [0.25, 0.3) is 11.5 Å². The molecule has 0 radical (unpaired) electrons. The van der Waals surface area contributed by atoms with Crippen LogP contribution in [0, 0.1) is 6.92 Å². The smallest absolute Gasteiger partial charge is 0.262 e. The molecule has 5 aromatic rings. The molecular weight excluding hydrogens is 634 g/mol. The highest BCUT2D eigenvalue weighted by atomic mass is 16.5. The number of aromatic nitrogens is 4. The number of ether oxygens (including phenoxy) is 2. The first-order valence-corrected chi connectivity index (χ1v) is 16.5. The van der Waals surface area contributed by atoms with Gasteiger partial charge in [-0.25, -0.2) is 15.5 Å². The summed E-state index contributed by atoms with van der Waals surface area (Å²) in [7, 11) is 0. The van der Waals surface area contributed by atoms with E-state index in [-0.39, 0.29) is 29.4 Å². The standard InChI is InChI=1S/C38H41N7O5/c1-3-34-35(40-27-43(37(34)47)26-38(48)17-19-42(20-18-38)36(46)30-11-9-28(2)10-12-30)45(39)32-15-13-31(14-16-32)44-24-33(23-41-44)50-22-21-49-25-29-7-5-4-6-8-29/h3-16,23-24,27,48H,1,17-22,25-26,39H2,2H3. The van der Waals surface area contributed by atoms with Gasteiger partial charge in [-0.05, 0) is 61.7 Å². The zero-order valence-electron chi connectivity index (χ0n) is 28.0. The predicted octanol–water partition coefficient (Wildman–Crippen LogP) is 4.66. The van der Waals surface area contributed by atoms with Crippen molar-refractivity contribution in [1.29, 1.82) is 0 Å². The summed E-state index contributed by atoms with van der Waals surface area (Å²) >= 11 is 0. The Kier molecular flexibility index (Phi) is 10.5. The number of nitrogens with zero attached hydrogens (tertiary/aromatic N) is 6. The summed E-state index contributed by atoms with van der Waals surface area (Å²) in [4.78, 5) is 32.7. The minimum atomic E-state index is -1.18. The van der Waals surface area contributed by atoms with Crippen LogP contribution in [0.25, 0.3) is 11.8 Å². The van der Waals surface area contributed by atoms with Crippen LogP contribution in [0.3, 0.4) is 0 Å². The second-order valence-corrected chi connectivity index (χ2v) is 12.4. The number of carbonyl (C=O) groups is 1. The zero-order chi connectivity index (χ0) is 35.1.